The lowest BCUT2D eigenvalue weighted by molar-refractivity contribution is -0.148. The Kier molecular flexibility index (Phi) is 8.84. The number of carbonyl (C=O) groups excluding carboxylic acids is 3. The number of rotatable bonds is 7. The van der Waals surface area contributed by atoms with Gasteiger partial charge in [-0.05, 0) is 71.6 Å². The van der Waals surface area contributed by atoms with Gasteiger partial charge in [0.15, 0.2) is 0 Å². The van der Waals surface area contributed by atoms with Gasteiger partial charge in [-0.2, -0.15) is 0 Å². The minimum atomic E-state index is -0.467. The SMILES string of the molecule is COC(=O)COC1CCC(N2CCN(CCC3CCN(C(=O)OC(C)(C)C)CC3)C2=O)CC1. The number of hydrogen-bond acceptors (Lipinski definition) is 6. The molecule has 2 heterocycles. The van der Waals surface area contributed by atoms with Crippen molar-refractivity contribution in [2.24, 2.45) is 5.92 Å². The highest BCUT2D eigenvalue weighted by atomic mass is 16.6. The molecule has 2 aliphatic heterocycles. The number of nitrogens with zero attached hydrogens (tertiary/aromatic N) is 3. The summed E-state index contributed by atoms with van der Waals surface area (Å²) < 4.78 is 15.7. The van der Waals surface area contributed by atoms with Crippen molar-refractivity contribution in [3.8, 4) is 0 Å². The third kappa shape index (κ3) is 7.48. The number of carbonyl (C=O) groups is 3. The van der Waals surface area contributed by atoms with Crippen LogP contribution in [0.5, 0.6) is 0 Å². The Morgan fingerprint density at radius 1 is 0.970 bits per heavy atom. The van der Waals surface area contributed by atoms with Crippen LogP contribution < -0.4 is 0 Å². The summed E-state index contributed by atoms with van der Waals surface area (Å²) in [5.74, 6) is 0.186. The van der Waals surface area contributed by atoms with E-state index in [9.17, 15) is 14.4 Å². The standard InChI is InChI=1S/C24H41N3O6/c1-24(2,3)33-23(30)26-13-10-18(11-14-26)9-12-25-15-16-27(22(25)29)19-5-7-20(8-6-19)32-17-21(28)31-4/h18-20H,5-17H2,1-4H3. The Labute approximate surface area is 197 Å². The first kappa shape index (κ1) is 25.6. The van der Waals surface area contributed by atoms with E-state index in [1.54, 1.807) is 4.90 Å². The van der Waals surface area contributed by atoms with E-state index in [2.05, 4.69) is 4.74 Å². The number of hydrogen-bond donors (Lipinski definition) is 0. The first-order valence-corrected chi connectivity index (χ1v) is 12.4. The van der Waals surface area contributed by atoms with Gasteiger partial charge in [-0.15, -0.1) is 0 Å². The van der Waals surface area contributed by atoms with Gasteiger partial charge in [0.2, 0.25) is 0 Å². The van der Waals surface area contributed by atoms with E-state index in [0.717, 1.165) is 77.7 Å². The maximum Gasteiger partial charge on any atom is 0.410 e. The zero-order chi connectivity index (χ0) is 24.0. The predicted octanol–water partition coefficient (Wildman–Crippen LogP) is 3.26. The molecule has 1 saturated carbocycles. The summed E-state index contributed by atoms with van der Waals surface area (Å²) in [5.41, 5.74) is -0.467. The Balaban J connectivity index is 1.34. The summed E-state index contributed by atoms with van der Waals surface area (Å²) in [7, 11) is 1.36. The Bertz CT molecular complexity index is 678. The van der Waals surface area contributed by atoms with E-state index >= 15 is 0 Å². The number of esters is 1. The van der Waals surface area contributed by atoms with Crippen molar-refractivity contribution in [3.63, 3.8) is 0 Å². The quantitative estimate of drug-likeness (QED) is 0.534. The highest BCUT2D eigenvalue weighted by Crippen LogP contribution is 2.29. The second-order valence-electron chi connectivity index (χ2n) is 10.5. The van der Waals surface area contributed by atoms with Crippen LogP contribution in [0.15, 0.2) is 0 Å². The molecular weight excluding hydrogens is 426 g/mol. The molecule has 3 rings (SSSR count). The molecule has 3 fully saturated rings. The summed E-state index contributed by atoms with van der Waals surface area (Å²) in [5, 5.41) is 0. The topological polar surface area (TPSA) is 88.6 Å². The van der Waals surface area contributed by atoms with E-state index in [-0.39, 0.29) is 36.8 Å². The largest absolute Gasteiger partial charge is 0.467 e. The van der Waals surface area contributed by atoms with Crippen molar-refractivity contribution >= 4 is 18.1 Å². The molecule has 33 heavy (non-hydrogen) atoms. The maximum atomic E-state index is 13.0. The van der Waals surface area contributed by atoms with E-state index in [0.29, 0.717) is 5.92 Å². The first-order chi connectivity index (χ1) is 15.7. The van der Waals surface area contributed by atoms with Gasteiger partial charge < -0.3 is 28.9 Å². The second-order valence-corrected chi connectivity index (χ2v) is 10.5. The third-order valence-electron chi connectivity index (χ3n) is 6.95. The van der Waals surface area contributed by atoms with Crippen molar-refractivity contribution < 1.29 is 28.6 Å². The summed E-state index contributed by atoms with van der Waals surface area (Å²) >= 11 is 0. The van der Waals surface area contributed by atoms with Crippen LogP contribution in [-0.2, 0) is 19.0 Å². The van der Waals surface area contributed by atoms with E-state index in [1.807, 2.05) is 30.6 Å². The normalized spacial score (nSPS) is 24.8. The molecule has 9 nitrogen and oxygen atoms in total. The molecular formula is C24H41N3O6. The molecule has 1 aliphatic carbocycles. The molecule has 0 aromatic carbocycles. The fraction of sp³-hybridized carbons (Fsp3) is 0.875. The van der Waals surface area contributed by atoms with Gasteiger partial charge in [0, 0.05) is 38.8 Å². The number of urea groups is 1. The molecule has 3 aliphatic rings. The summed E-state index contributed by atoms with van der Waals surface area (Å²) in [4.78, 5) is 42.3. The molecule has 0 spiro atoms. The van der Waals surface area contributed by atoms with Crippen molar-refractivity contribution in [2.45, 2.75) is 83.5 Å². The van der Waals surface area contributed by atoms with Crippen LogP contribution in [0, 0.1) is 5.92 Å². The average Bonchev–Trinajstić information content (AvgIpc) is 3.15. The average molecular weight is 468 g/mol. The summed E-state index contributed by atoms with van der Waals surface area (Å²) in [6.07, 6.45) is 6.29. The molecule has 3 amide bonds. The minimum absolute atomic E-state index is 0.00104. The zero-order valence-corrected chi connectivity index (χ0v) is 20.7. The number of ether oxygens (including phenoxy) is 3. The van der Waals surface area contributed by atoms with Gasteiger partial charge in [0.1, 0.15) is 12.2 Å². The van der Waals surface area contributed by atoms with Gasteiger partial charge in [0.25, 0.3) is 0 Å². The smallest absolute Gasteiger partial charge is 0.410 e. The molecule has 9 heteroatoms. The van der Waals surface area contributed by atoms with Crippen LogP contribution in [0.25, 0.3) is 0 Å². The Hall–Kier alpha value is -2.03. The van der Waals surface area contributed by atoms with E-state index in [4.69, 9.17) is 9.47 Å². The summed E-state index contributed by atoms with van der Waals surface area (Å²) in [6, 6.07) is 0.415. The molecule has 2 saturated heterocycles. The van der Waals surface area contributed by atoms with Gasteiger partial charge in [-0.25, -0.2) is 14.4 Å². The van der Waals surface area contributed by atoms with Gasteiger partial charge in [-0.1, -0.05) is 0 Å². The highest BCUT2D eigenvalue weighted by molar-refractivity contribution is 5.77. The lowest BCUT2D eigenvalue weighted by Gasteiger charge is -2.35. The summed E-state index contributed by atoms with van der Waals surface area (Å²) in [6.45, 7) is 9.46. The lowest BCUT2D eigenvalue weighted by atomic mass is 9.92. The molecule has 0 aromatic rings. The number of likely N-dealkylation sites (tertiary alicyclic amines) is 1. The van der Waals surface area contributed by atoms with Crippen LogP contribution in [0.2, 0.25) is 0 Å². The van der Waals surface area contributed by atoms with E-state index < -0.39 is 5.60 Å². The van der Waals surface area contributed by atoms with Crippen molar-refractivity contribution in [3.05, 3.63) is 0 Å². The van der Waals surface area contributed by atoms with Crippen molar-refractivity contribution in [1.29, 1.82) is 0 Å². The molecule has 0 atom stereocenters. The van der Waals surface area contributed by atoms with Gasteiger partial charge >= 0.3 is 18.1 Å². The molecule has 0 bridgehead atoms. The maximum absolute atomic E-state index is 13.0. The molecule has 188 valence electrons. The van der Waals surface area contributed by atoms with E-state index in [1.165, 1.54) is 7.11 Å². The molecule has 0 aromatic heterocycles. The third-order valence-corrected chi connectivity index (χ3v) is 6.95. The lowest BCUT2D eigenvalue weighted by Crippen LogP contribution is -2.43. The van der Waals surface area contributed by atoms with Crippen LogP contribution in [0.1, 0.15) is 65.7 Å². The minimum Gasteiger partial charge on any atom is -0.467 e. The number of piperidine rings is 1. The second kappa shape index (κ2) is 11.4. The Morgan fingerprint density at radius 2 is 1.64 bits per heavy atom. The van der Waals surface area contributed by atoms with Crippen LogP contribution >= 0.6 is 0 Å². The van der Waals surface area contributed by atoms with Gasteiger partial charge in [-0.3, -0.25) is 0 Å². The van der Waals surface area contributed by atoms with Crippen molar-refractivity contribution in [2.75, 3.05) is 46.4 Å². The number of amides is 3. The molecule has 0 unspecified atom stereocenters. The zero-order valence-electron chi connectivity index (χ0n) is 20.7. The van der Waals surface area contributed by atoms with Crippen molar-refractivity contribution in [1.82, 2.24) is 14.7 Å². The van der Waals surface area contributed by atoms with Crippen LogP contribution in [-0.4, -0.2) is 97.0 Å². The fourth-order valence-corrected chi connectivity index (χ4v) is 4.99. The van der Waals surface area contributed by atoms with Crippen LogP contribution in [0.4, 0.5) is 9.59 Å². The van der Waals surface area contributed by atoms with Gasteiger partial charge in [0.05, 0.1) is 13.2 Å². The fourth-order valence-electron chi connectivity index (χ4n) is 4.99. The predicted molar refractivity (Wildman–Crippen MR) is 123 cm³/mol. The highest BCUT2D eigenvalue weighted by Gasteiger charge is 2.36. The monoisotopic (exact) mass is 467 g/mol. The van der Waals surface area contributed by atoms with Crippen LogP contribution in [0.3, 0.4) is 0 Å². The number of methoxy groups -OCH3 is 1. The first-order valence-electron chi connectivity index (χ1n) is 12.4. The molecule has 0 radical (unpaired) electrons. The molecule has 0 N–H and O–H groups in total. The Morgan fingerprint density at radius 3 is 2.24 bits per heavy atom.